The molecule has 0 bridgehead atoms. The molecular weight excluding hydrogens is 314 g/mol. The van der Waals surface area contributed by atoms with Gasteiger partial charge in [0.2, 0.25) is 0 Å². The molecule has 0 radical (unpaired) electrons. The SMILES string of the molecule is CCOC(=O)c1cc(OC(F)F)cc(C=O)c1Br. The van der Waals surface area contributed by atoms with Gasteiger partial charge in [-0.05, 0) is 35.0 Å². The topological polar surface area (TPSA) is 52.6 Å². The molecule has 18 heavy (non-hydrogen) atoms. The van der Waals surface area contributed by atoms with Crippen LogP contribution in [0.1, 0.15) is 27.6 Å². The van der Waals surface area contributed by atoms with Gasteiger partial charge in [0.1, 0.15) is 5.75 Å². The summed E-state index contributed by atoms with van der Waals surface area (Å²) in [5.41, 5.74) is -0.0201. The van der Waals surface area contributed by atoms with Gasteiger partial charge in [0.15, 0.2) is 6.29 Å². The third-order valence-corrected chi connectivity index (χ3v) is 2.81. The van der Waals surface area contributed by atoms with Crippen molar-refractivity contribution in [1.29, 1.82) is 0 Å². The fourth-order valence-electron chi connectivity index (χ4n) is 1.23. The molecule has 1 aromatic rings. The van der Waals surface area contributed by atoms with Crippen molar-refractivity contribution in [2.45, 2.75) is 13.5 Å². The molecule has 0 atom stereocenters. The first-order valence-corrected chi connectivity index (χ1v) is 5.69. The molecule has 1 aromatic carbocycles. The molecular formula is C11H9BrF2O4. The van der Waals surface area contributed by atoms with Crippen LogP contribution in [0.15, 0.2) is 16.6 Å². The summed E-state index contributed by atoms with van der Waals surface area (Å²) in [4.78, 5) is 22.3. The van der Waals surface area contributed by atoms with Gasteiger partial charge in [-0.25, -0.2) is 4.79 Å². The third-order valence-electron chi connectivity index (χ3n) is 1.92. The van der Waals surface area contributed by atoms with E-state index in [2.05, 4.69) is 20.7 Å². The van der Waals surface area contributed by atoms with Gasteiger partial charge in [0, 0.05) is 10.0 Å². The summed E-state index contributed by atoms with van der Waals surface area (Å²) in [5.74, 6) is -1.01. The average Bonchev–Trinajstić information content (AvgIpc) is 2.30. The summed E-state index contributed by atoms with van der Waals surface area (Å²) in [6, 6.07) is 2.19. The maximum atomic E-state index is 12.1. The highest BCUT2D eigenvalue weighted by atomic mass is 79.9. The molecule has 7 heteroatoms. The van der Waals surface area contributed by atoms with E-state index in [-0.39, 0.29) is 28.0 Å². The van der Waals surface area contributed by atoms with Crippen molar-refractivity contribution < 1.29 is 27.8 Å². The van der Waals surface area contributed by atoms with Gasteiger partial charge in [-0.15, -0.1) is 0 Å². The van der Waals surface area contributed by atoms with Gasteiger partial charge in [0.25, 0.3) is 0 Å². The van der Waals surface area contributed by atoms with Crippen molar-refractivity contribution in [1.82, 2.24) is 0 Å². The minimum Gasteiger partial charge on any atom is -0.462 e. The second kappa shape index (κ2) is 6.44. The van der Waals surface area contributed by atoms with Crippen LogP contribution in [0.4, 0.5) is 8.78 Å². The van der Waals surface area contributed by atoms with Gasteiger partial charge in [-0.3, -0.25) is 4.79 Å². The minimum absolute atomic E-state index is 0.0243. The Balaban J connectivity index is 3.22. The van der Waals surface area contributed by atoms with E-state index < -0.39 is 12.6 Å². The van der Waals surface area contributed by atoms with E-state index in [4.69, 9.17) is 4.74 Å². The molecule has 0 saturated heterocycles. The Bertz CT molecular complexity index is 463. The standard InChI is InChI=1S/C11H9BrF2O4/c1-2-17-10(16)8-4-7(18-11(13)14)3-6(5-15)9(8)12/h3-5,11H,2H2,1H3. The lowest BCUT2D eigenvalue weighted by Crippen LogP contribution is -2.09. The zero-order chi connectivity index (χ0) is 13.7. The number of carbonyl (C=O) groups excluding carboxylic acids is 2. The summed E-state index contributed by atoms with van der Waals surface area (Å²) in [6.07, 6.45) is 0.422. The minimum atomic E-state index is -3.04. The molecule has 0 saturated carbocycles. The van der Waals surface area contributed by atoms with Gasteiger partial charge >= 0.3 is 12.6 Å². The number of rotatable bonds is 5. The molecule has 0 spiro atoms. The zero-order valence-corrected chi connectivity index (χ0v) is 10.9. The van der Waals surface area contributed by atoms with E-state index in [1.54, 1.807) is 6.92 Å². The highest BCUT2D eigenvalue weighted by Gasteiger charge is 2.18. The Morgan fingerprint density at radius 1 is 1.50 bits per heavy atom. The highest BCUT2D eigenvalue weighted by Crippen LogP contribution is 2.28. The lowest BCUT2D eigenvalue weighted by molar-refractivity contribution is -0.0499. The molecule has 0 aliphatic heterocycles. The maximum absolute atomic E-state index is 12.1. The van der Waals surface area contributed by atoms with Gasteiger partial charge in [-0.2, -0.15) is 8.78 Å². The molecule has 1 rings (SSSR count). The molecule has 0 amide bonds. The van der Waals surface area contributed by atoms with Crippen LogP contribution in [0, 0.1) is 0 Å². The fraction of sp³-hybridized carbons (Fsp3) is 0.273. The predicted molar refractivity (Wildman–Crippen MR) is 62.1 cm³/mol. The van der Waals surface area contributed by atoms with Crippen LogP contribution in [0.5, 0.6) is 5.75 Å². The van der Waals surface area contributed by atoms with Crippen LogP contribution < -0.4 is 4.74 Å². The molecule has 4 nitrogen and oxygen atoms in total. The average molecular weight is 323 g/mol. The first-order valence-electron chi connectivity index (χ1n) is 4.90. The van der Waals surface area contributed by atoms with Crippen molar-refractivity contribution in [3.63, 3.8) is 0 Å². The lowest BCUT2D eigenvalue weighted by Gasteiger charge is -2.10. The number of hydrogen-bond acceptors (Lipinski definition) is 4. The summed E-state index contributed by atoms with van der Waals surface area (Å²) in [7, 11) is 0. The normalized spacial score (nSPS) is 10.3. The van der Waals surface area contributed by atoms with E-state index in [1.807, 2.05) is 0 Å². The summed E-state index contributed by atoms with van der Waals surface area (Å²) in [6.45, 7) is -1.31. The van der Waals surface area contributed by atoms with Crippen molar-refractivity contribution in [3.05, 3.63) is 27.7 Å². The number of carbonyl (C=O) groups is 2. The van der Waals surface area contributed by atoms with Crippen LogP contribution >= 0.6 is 15.9 Å². The van der Waals surface area contributed by atoms with Crippen molar-refractivity contribution >= 4 is 28.2 Å². The Morgan fingerprint density at radius 3 is 2.67 bits per heavy atom. The summed E-state index contributed by atoms with van der Waals surface area (Å²) in [5, 5.41) is 0. The first kappa shape index (κ1) is 14.6. The molecule has 0 heterocycles. The summed E-state index contributed by atoms with van der Waals surface area (Å²) >= 11 is 3.04. The number of hydrogen-bond donors (Lipinski definition) is 0. The van der Waals surface area contributed by atoms with Gasteiger partial charge in [0.05, 0.1) is 12.2 Å². The van der Waals surface area contributed by atoms with Crippen LogP contribution in [0.3, 0.4) is 0 Å². The molecule has 0 N–H and O–H groups in total. The van der Waals surface area contributed by atoms with E-state index >= 15 is 0 Å². The van der Waals surface area contributed by atoms with Gasteiger partial charge in [-0.1, -0.05) is 0 Å². The number of ether oxygens (including phenoxy) is 2. The Morgan fingerprint density at radius 2 is 2.17 bits per heavy atom. The van der Waals surface area contributed by atoms with Crippen LogP contribution in [0.25, 0.3) is 0 Å². The quantitative estimate of drug-likeness (QED) is 0.617. The van der Waals surface area contributed by atoms with E-state index in [0.29, 0.717) is 6.29 Å². The fourth-order valence-corrected chi connectivity index (χ4v) is 1.72. The Hall–Kier alpha value is -1.50. The monoisotopic (exact) mass is 322 g/mol. The van der Waals surface area contributed by atoms with Crippen LogP contribution in [-0.4, -0.2) is 25.5 Å². The molecule has 0 aromatic heterocycles. The number of esters is 1. The molecule has 0 aliphatic rings. The third kappa shape index (κ3) is 3.49. The summed E-state index contributed by atoms with van der Waals surface area (Å²) < 4.78 is 33.3. The second-order valence-electron chi connectivity index (χ2n) is 3.09. The molecule has 0 unspecified atom stereocenters. The molecule has 98 valence electrons. The number of alkyl halides is 2. The maximum Gasteiger partial charge on any atom is 0.387 e. The smallest absolute Gasteiger partial charge is 0.387 e. The highest BCUT2D eigenvalue weighted by molar-refractivity contribution is 9.10. The van der Waals surface area contributed by atoms with E-state index in [9.17, 15) is 18.4 Å². The largest absolute Gasteiger partial charge is 0.462 e. The predicted octanol–water partition coefficient (Wildman–Crippen LogP) is 3.04. The Labute approximate surface area is 110 Å². The van der Waals surface area contributed by atoms with Crippen molar-refractivity contribution in [3.8, 4) is 5.75 Å². The first-order chi connectivity index (χ1) is 8.49. The van der Waals surface area contributed by atoms with Gasteiger partial charge < -0.3 is 9.47 Å². The van der Waals surface area contributed by atoms with E-state index in [1.165, 1.54) is 0 Å². The number of aldehydes is 1. The van der Waals surface area contributed by atoms with E-state index in [0.717, 1.165) is 12.1 Å². The van der Waals surface area contributed by atoms with Crippen molar-refractivity contribution in [2.24, 2.45) is 0 Å². The second-order valence-corrected chi connectivity index (χ2v) is 3.88. The molecule has 0 aliphatic carbocycles. The van der Waals surface area contributed by atoms with Crippen molar-refractivity contribution in [2.75, 3.05) is 6.61 Å². The number of halogens is 3. The Kier molecular flexibility index (Phi) is 5.21. The van der Waals surface area contributed by atoms with Crippen LogP contribution in [0.2, 0.25) is 0 Å². The zero-order valence-electron chi connectivity index (χ0n) is 9.28. The van der Waals surface area contributed by atoms with Crippen LogP contribution in [-0.2, 0) is 4.74 Å². The number of benzene rings is 1. The molecule has 0 fully saturated rings. The lowest BCUT2D eigenvalue weighted by atomic mass is 10.1.